The van der Waals surface area contributed by atoms with Crippen LogP contribution < -0.4 is 20.1 Å². The lowest BCUT2D eigenvalue weighted by atomic mass is 10.1. The van der Waals surface area contributed by atoms with Crippen LogP contribution in [-0.4, -0.2) is 34.6 Å². The second kappa shape index (κ2) is 10.6. The molecule has 8 heteroatoms. The van der Waals surface area contributed by atoms with Gasteiger partial charge < -0.3 is 15.4 Å². The van der Waals surface area contributed by atoms with Gasteiger partial charge in [0.15, 0.2) is 5.96 Å². The van der Waals surface area contributed by atoms with E-state index >= 15 is 0 Å². The molecule has 0 unspecified atom stereocenters. The molecular formula is C23H32N4O3S. The molecule has 0 spiro atoms. The largest absolute Gasteiger partial charge is 0.490 e. The van der Waals surface area contributed by atoms with E-state index in [4.69, 9.17) is 4.74 Å². The fraction of sp³-hybridized carbons (Fsp3) is 0.435. The Morgan fingerprint density at radius 3 is 2.39 bits per heavy atom. The van der Waals surface area contributed by atoms with Gasteiger partial charge in [0, 0.05) is 25.7 Å². The molecule has 0 aliphatic heterocycles. The number of benzene rings is 2. The van der Waals surface area contributed by atoms with Crippen molar-refractivity contribution in [1.29, 1.82) is 0 Å². The van der Waals surface area contributed by atoms with Gasteiger partial charge in [-0.05, 0) is 69.0 Å². The summed E-state index contributed by atoms with van der Waals surface area (Å²) in [6, 6.07) is 13.1. The van der Waals surface area contributed by atoms with E-state index in [0.29, 0.717) is 25.2 Å². The second-order valence-corrected chi connectivity index (χ2v) is 9.65. The Bertz CT molecular complexity index is 998. The van der Waals surface area contributed by atoms with Crippen molar-refractivity contribution in [3.8, 4) is 5.75 Å². The van der Waals surface area contributed by atoms with E-state index in [1.165, 1.54) is 25.5 Å². The average molecular weight is 445 g/mol. The Labute approximate surface area is 185 Å². The summed E-state index contributed by atoms with van der Waals surface area (Å²) < 4.78 is 32.3. The summed E-state index contributed by atoms with van der Waals surface area (Å²) in [6.07, 6.45) is 5.04. The van der Waals surface area contributed by atoms with Crippen LogP contribution in [0.25, 0.3) is 0 Å². The Morgan fingerprint density at radius 1 is 1.06 bits per heavy atom. The minimum absolute atomic E-state index is 0.246. The molecule has 1 aliphatic rings. The van der Waals surface area contributed by atoms with Crippen molar-refractivity contribution in [2.75, 3.05) is 14.1 Å². The van der Waals surface area contributed by atoms with Crippen molar-refractivity contribution in [2.45, 2.75) is 56.7 Å². The summed E-state index contributed by atoms with van der Waals surface area (Å²) in [5.41, 5.74) is 3.24. The SMILES string of the molecule is CN=C(NCc1ccc(S(=O)(=O)NC)cc1)NCc1ccc(C)cc1OC1CCCC1. The molecule has 2 aromatic carbocycles. The average Bonchev–Trinajstić information content (AvgIpc) is 3.28. The Balaban J connectivity index is 1.57. The highest BCUT2D eigenvalue weighted by Crippen LogP contribution is 2.27. The number of sulfonamides is 1. The molecular weight excluding hydrogens is 412 g/mol. The Hall–Kier alpha value is -2.58. The van der Waals surface area contributed by atoms with Crippen LogP contribution in [0.3, 0.4) is 0 Å². The quantitative estimate of drug-likeness (QED) is 0.430. The summed E-state index contributed by atoms with van der Waals surface area (Å²) in [5, 5.41) is 6.60. The van der Waals surface area contributed by atoms with Crippen molar-refractivity contribution in [2.24, 2.45) is 4.99 Å². The summed E-state index contributed by atoms with van der Waals surface area (Å²) >= 11 is 0. The van der Waals surface area contributed by atoms with E-state index in [1.807, 2.05) is 0 Å². The highest BCUT2D eigenvalue weighted by atomic mass is 32.2. The molecule has 0 aromatic heterocycles. The smallest absolute Gasteiger partial charge is 0.240 e. The third kappa shape index (κ3) is 6.45. The lowest BCUT2D eigenvalue weighted by Gasteiger charge is -2.18. The van der Waals surface area contributed by atoms with E-state index < -0.39 is 10.0 Å². The van der Waals surface area contributed by atoms with E-state index in [9.17, 15) is 8.42 Å². The van der Waals surface area contributed by atoms with Gasteiger partial charge in [-0.2, -0.15) is 0 Å². The molecule has 168 valence electrons. The van der Waals surface area contributed by atoms with Crippen molar-refractivity contribution < 1.29 is 13.2 Å². The van der Waals surface area contributed by atoms with Crippen molar-refractivity contribution in [3.05, 3.63) is 59.2 Å². The lowest BCUT2D eigenvalue weighted by molar-refractivity contribution is 0.207. The molecule has 0 radical (unpaired) electrons. The van der Waals surface area contributed by atoms with Crippen LogP contribution in [0.4, 0.5) is 0 Å². The van der Waals surface area contributed by atoms with Gasteiger partial charge in [-0.15, -0.1) is 0 Å². The minimum Gasteiger partial charge on any atom is -0.490 e. The zero-order chi connectivity index (χ0) is 22.3. The summed E-state index contributed by atoms with van der Waals surface area (Å²) in [4.78, 5) is 4.53. The predicted octanol–water partition coefficient (Wildman–Crippen LogP) is 3.09. The predicted molar refractivity (Wildman–Crippen MR) is 124 cm³/mol. The number of rotatable bonds is 8. The van der Waals surface area contributed by atoms with E-state index in [-0.39, 0.29) is 4.90 Å². The summed E-state index contributed by atoms with van der Waals surface area (Å²) in [7, 11) is -0.298. The van der Waals surface area contributed by atoms with Crippen LogP contribution in [0.5, 0.6) is 5.75 Å². The number of nitrogens with one attached hydrogen (secondary N) is 3. The number of ether oxygens (including phenoxy) is 1. The molecule has 7 nitrogen and oxygen atoms in total. The number of hydrogen-bond acceptors (Lipinski definition) is 4. The maximum Gasteiger partial charge on any atom is 0.240 e. The first kappa shape index (κ1) is 23.1. The highest BCUT2D eigenvalue weighted by molar-refractivity contribution is 7.89. The summed E-state index contributed by atoms with van der Waals surface area (Å²) in [5.74, 6) is 1.61. The highest BCUT2D eigenvalue weighted by Gasteiger charge is 2.18. The molecule has 1 fully saturated rings. The van der Waals surface area contributed by atoms with Crippen LogP contribution in [0.15, 0.2) is 52.4 Å². The second-order valence-electron chi connectivity index (χ2n) is 7.77. The molecule has 1 saturated carbocycles. The monoisotopic (exact) mass is 444 g/mol. The molecule has 31 heavy (non-hydrogen) atoms. The van der Waals surface area contributed by atoms with Crippen LogP contribution in [-0.2, 0) is 23.1 Å². The zero-order valence-electron chi connectivity index (χ0n) is 18.4. The van der Waals surface area contributed by atoms with Crippen LogP contribution in [0.2, 0.25) is 0 Å². The molecule has 0 amide bonds. The van der Waals surface area contributed by atoms with Crippen molar-refractivity contribution in [3.63, 3.8) is 0 Å². The van der Waals surface area contributed by atoms with Gasteiger partial charge in [0.2, 0.25) is 10.0 Å². The van der Waals surface area contributed by atoms with Gasteiger partial charge in [-0.1, -0.05) is 24.3 Å². The minimum atomic E-state index is -3.42. The van der Waals surface area contributed by atoms with Gasteiger partial charge in [0.1, 0.15) is 5.75 Å². The standard InChI is InChI=1S/C23H32N4O3S/c1-17-8-11-19(22(14-17)30-20-6-4-5-7-20)16-27-23(24-2)26-15-18-9-12-21(13-10-18)31(28,29)25-3/h8-14,20,25H,4-7,15-16H2,1-3H3,(H2,24,26,27). The number of aryl methyl sites for hydroxylation is 1. The molecule has 0 heterocycles. The zero-order valence-corrected chi connectivity index (χ0v) is 19.3. The number of guanidine groups is 1. The normalized spacial score (nSPS) is 15.1. The van der Waals surface area contributed by atoms with E-state index in [1.54, 1.807) is 31.3 Å². The number of aliphatic imine (C=N–C) groups is 1. The molecule has 3 N–H and O–H groups in total. The first-order valence-corrected chi connectivity index (χ1v) is 12.1. The topological polar surface area (TPSA) is 91.8 Å². The fourth-order valence-corrected chi connectivity index (χ4v) is 4.32. The van der Waals surface area contributed by atoms with Crippen LogP contribution >= 0.6 is 0 Å². The van der Waals surface area contributed by atoms with Crippen LogP contribution in [0.1, 0.15) is 42.4 Å². The molecule has 0 saturated heterocycles. The first-order chi connectivity index (χ1) is 14.9. The van der Waals surface area contributed by atoms with Gasteiger partial charge in [0.25, 0.3) is 0 Å². The lowest BCUT2D eigenvalue weighted by Crippen LogP contribution is -2.36. The molecule has 1 aliphatic carbocycles. The van der Waals surface area contributed by atoms with E-state index in [2.05, 4.69) is 45.5 Å². The van der Waals surface area contributed by atoms with Gasteiger partial charge in [-0.3, -0.25) is 4.99 Å². The Morgan fingerprint density at radius 2 is 1.74 bits per heavy atom. The molecule has 3 rings (SSSR count). The van der Waals surface area contributed by atoms with Gasteiger partial charge in [0.05, 0.1) is 11.0 Å². The fourth-order valence-electron chi connectivity index (χ4n) is 3.59. The molecule has 0 atom stereocenters. The first-order valence-electron chi connectivity index (χ1n) is 10.6. The maximum atomic E-state index is 11.8. The van der Waals surface area contributed by atoms with E-state index in [0.717, 1.165) is 29.7 Å². The third-order valence-corrected chi connectivity index (χ3v) is 6.88. The van der Waals surface area contributed by atoms with Crippen molar-refractivity contribution in [1.82, 2.24) is 15.4 Å². The van der Waals surface area contributed by atoms with Gasteiger partial charge >= 0.3 is 0 Å². The number of nitrogens with zero attached hydrogens (tertiary/aromatic N) is 1. The molecule has 2 aromatic rings. The third-order valence-electron chi connectivity index (χ3n) is 5.45. The van der Waals surface area contributed by atoms with Crippen LogP contribution in [0, 0.1) is 6.92 Å². The number of hydrogen-bond donors (Lipinski definition) is 3. The van der Waals surface area contributed by atoms with Crippen molar-refractivity contribution >= 4 is 16.0 Å². The maximum absolute atomic E-state index is 11.8. The Kier molecular flexibility index (Phi) is 7.92. The molecule has 0 bridgehead atoms. The van der Waals surface area contributed by atoms with Gasteiger partial charge in [-0.25, -0.2) is 13.1 Å². The summed E-state index contributed by atoms with van der Waals surface area (Å²) in [6.45, 7) is 3.20.